The van der Waals surface area contributed by atoms with Crippen LogP contribution in [0.15, 0.2) is 18.3 Å². The lowest BCUT2D eigenvalue weighted by Gasteiger charge is -2.50. The van der Waals surface area contributed by atoms with E-state index in [0.29, 0.717) is 47.6 Å². The number of ketones is 1. The second-order valence-corrected chi connectivity index (χ2v) is 11.4. The van der Waals surface area contributed by atoms with E-state index in [1.807, 2.05) is 13.0 Å². The molecule has 7 heteroatoms. The van der Waals surface area contributed by atoms with Gasteiger partial charge in [0, 0.05) is 29.3 Å². The van der Waals surface area contributed by atoms with Crippen molar-refractivity contribution < 1.29 is 14.7 Å². The van der Waals surface area contributed by atoms with Gasteiger partial charge in [-0.3, -0.25) is 9.59 Å². The number of carbonyl (C=O) groups is 2. The van der Waals surface area contributed by atoms with Crippen LogP contribution in [0.4, 0.5) is 5.13 Å². The van der Waals surface area contributed by atoms with Crippen molar-refractivity contribution in [3.63, 3.8) is 0 Å². The monoisotopic (exact) mass is 463 g/mol. The maximum absolute atomic E-state index is 13.2. The molecule has 33 heavy (non-hydrogen) atoms. The predicted octanol–water partition coefficient (Wildman–Crippen LogP) is 5.10. The fourth-order valence-corrected chi connectivity index (χ4v) is 7.70. The quantitative estimate of drug-likeness (QED) is 0.657. The van der Waals surface area contributed by atoms with E-state index in [9.17, 15) is 20.0 Å². The summed E-state index contributed by atoms with van der Waals surface area (Å²) in [5.74, 6) is 1.50. The van der Waals surface area contributed by atoms with Crippen LogP contribution >= 0.6 is 11.3 Å². The van der Waals surface area contributed by atoms with E-state index in [-0.39, 0.29) is 28.9 Å². The molecule has 4 unspecified atom stereocenters. The molecular weight excluding hydrogens is 434 g/mol. The van der Waals surface area contributed by atoms with Crippen molar-refractivity contribution >= 4 is 28.2 Å². The van der Waals surface area contributed by atoms with Gasteiger partial charge in [-0.25, -0.2) is 4.98 Å². The summed E-state index contributed by atoms with van der Waals surface area (Å²) in [7, 11) is 0. The lowest BCUT2D eigenvalue weighted by molar-refractivity contribution is -0.129. The van der Waals surface area contributed by atoms with Crippen LogP contribution in [-0.4, -0.2) is 21.8 Å². The van der Waals surface area contributed by atoms with E-state index in [1.54, 1.807) is 12.3 Å². The second kappa shape index (κ2) is 8.25. The lowest BCUT2D eigenvalue weighted by Crippen LogP contribution is -2.44. The minimum atomic E-state index is -0.318. The van der Waals surface area contributed by atoms with Gasteiger partial charge in [0.05, 0.1) is 5.56 Å². The fraction of sp³-hybridized carbons (Fsp3) is 0.538. The zero-order valence-electron chi connectivity index (χ0n) is 19.1. The van der Waals surface area contributed by atoms with Crippen molar-refractivity contribution in [2.24, 2.45) is 23.2 Å². The molecule has 172 valence electrons. The average Bonchev–Trinajstić information content (AvgIpc) is 3.31. The molecule has 2 fully saturated rings. The molecule has 0 spiro atoms. The summed E-state index contributed by atoms with van der Waals surface area (Å²) >= 11 is 1.47. The van der Waals surface area contributed by atoms with Gasteiger partial charge in [0.25, 0.3) is 0 Å². The summed E-state index contributed by atoms with van der Waals surface area (Å²) in [6.07, 6.45) is 6.86. The van der Waals surface area contributed by atoms with Gasteiger partial charge in [-0.1, -0.05) is 13.0 Å². The first-order valence-corrected chi connectivity index (χ1v) is 12.6. The van der Waals surface area contributed by atoms with Crippen molar-refractivity contribution in [3.8, 4) is 11.8 Å². The van der Waals surface area contributed by atoms with Gasteiger partial charge < -0.3 is 10.4 Å². The number of nitrogens with one attached hydrogen (secondary N) is 1. The Morgan fingerprint density at radius 3 is 2.94 bits per heavy atom. The molecule has 1 heterocycles. The number of thiazole rings is 1. The number of aryl methyl sites for hydroxylation is 1. The normalized spacial score (nSPS) is 30.2. The van der Waals surface area contributed by atoms with E-state index in [0.717, 1.165) is 36.1 Å². The van der Waals surface area contributed by atoms with Gasteiger partial charge in [-0.15, -0.1) is 11.3 Å². The highest BCUT2D eigenvalue weighted by Crippen LogP contribution is 2.62. The van der Waals surface area contributed by atoms with Gasteiger partial charge >= 0.3 is 0 Å². The number of hydrogen-bond acceptors (Lipinski definition) is 6. The summed E-state index contributed by atoms with van der Waals surface area (Å²) in [6, 6.07) is 5.82. The average molecular weight is 464 g/mol. The number of nitriles is 1. The second-order valence-electron chi connectivity index (χ2n) is 10.2. The Morgan fingerprint density at radius 1 is 1.39 bits per heavy atom. The largest absolute Gasteiger partial charge is 0.507 e. The first-order chi connectivity index (χ1) is 15.8. The molecule has 0 bridgehead atoms. The van der Waals surface area contributed by atoms with Crippen LogP contribution < -0.4 is 5.32 Å². The Labute approximate surface area is 198 Å². The van der Waals surface area contributed by atoms with Crippen LogP contribution in [-0.2, 0) is 16.0 Å². The maximum atomic E-state index is 13.2. The number of phenols is 1. The smallest absolute Gasteiger partial charge is 0.226 e. The third kappa shape index (κ3) is 3.65. The number of rotatable bonds is 4. The van der Waals surface area contributed by atoms with Crippen LogP contribution in [0, 0.1) is 41.4 Å². The Morgan fingerprint density at radius 2 is 2.21 bits per heavy atom. The Kier molecular flexibility index (Phi) is 5.52. The van der Waals surface area contributed by atoms with E-state index in [2.05, 4.69) is 23.3 Å². The third-order valence-corrected chi connectivity index (χ3v) is 9.29. The number of anilines is 1. The van der Waals surface area contributed by atoms with Crippen LogP contribution in [0.5, 0.6) is 5.75 Å². The molecule has 1 aromatic heterocycles. The van der Waals surface area contributed by atoms with E-state index in [4.69, 9.17) is 0 Å². The Balaban J connectivity index is 1.36. The topological polar surface area (TPSA) is 103 Å². The van der Waals surface area contributed by atoms with Gasteiger partial charge in [0.2, 0.25) is 5.91 Å². The standard InChI is InChI=1S/C26H29N3O3S/c1-14-13-28-25(33-14)29-23(32)8-3-15-11-22(31)26(2)10-9-18-16-6-7-21(30)20(12-27)17(16)4-5-19(18)24(15)26/h6-7,13,15,18-19,24,30H,3-5,8-11H2,1-2H3,(H,28,29,32)/t15-,18?,19?,24?,26?/m1/s1. The Bertz CT molecular complexity index is 1170. The molecule has 3 aliphatic rings. The minimum absolute atomic E-state index is 0.0408. The number of Topliss-reactive ketones (excluding diaryl/α,β-unsaturated/α-hetero) is 1. The highest BCUT2D eigenvalue weighted by atomic mass is 32.1. The van der Waals surface area contributed by atoms with Crippen molar-refractivity contribution in [2.45, 2.75) is 64.7 Å². The molecule has 2 aromatic rings. The van der Waals surface area contributed by atoms with Gasteiger partial charge in [-0.05, 0) is 79.9 Å². The van der Waals surface area contributed by atoms with Gasteiger partial charge in [0.1, 0.15) is 17.6 Å². The molecule has 0 radical (unpaired) electrons. The van der Waals surface area contributed by atoms with Gasteiger partial charge in [0.15, 0.2) is 5.13 Å². The van der Waals surface area contributed by atoms with Crippen LogP contribution in [0.25, 0.3) is 0 Å². The highest BCUT2D eigenvalue weighted by Gasteiger charge is 2.58. The first-order valence-electron chi connectivity index (χ1n) is 11.8. The predicted molar refractivity (Wildman–Crippen MR) is 126 cm³/mol. The van der Waals surface area contributed by atoms with Crippen molar-refractivity contribution in [1.29, 1.82) is 5.26 Å². The molecule has 2 N–H and O–H groups in total. The van der Waals surface area contributed by atoms with Crippen LogP contribution in [0.2, 0.25) is 0 Å². The maximum Gasteiger partial charge on any atom is 0.226 e. The zero-order chi connectivity index (χ0) is 23.3. The minimum Gasteiger partial charge on any atom is -0.507 e. The lowest BCUT2D eigenvalue weighted by atomic mass is 9.53. The molecular formula is C26H29N3O3S. The molecule has 5 rings (SSSR count). The summed E-state index contributed by atoms with van der Waals surface area (Å²) in [5, 5.41) is 23.2. The third-order valence-electron chi connectivity index (χ3n) is 8.46. The molecule has 2 saturated carbocycles. The van der Waals surface area contributed by atoms with Crippen LogP contribution in [0.1, 0.15) is 72.9 Å². The molecule has 3 aliphatic carbocycles. The number of amides is 1. The zero-order valence-corrected chi connectivity index (χ0v) is 19.9. The highest BCUT2D eigenvalue weighted by molar-refractivity contribution is 7.15. The number of fused-ring (bicyclic) bond motifs is 5. The number of hydrogen-bond donors (Lipinski definition) is 2. The fourth-order valence-electron chi connectivity index (χ4n) is 7.02. The van der Waals surface area contributed by atoms with E-state index >= 15 is 0 Å². The van der Waals surface area contributed by atoms with Crippen molar-refractivity contribution in [1.82, 2.24) is 4.98 Å². The van der Waals surface area contributed by atoms with Crippen molar-refractivity contribution in [2.75, 3.05) is 5.32 Å². The number of aromatic nitrogens is 1. The molecule has 5 atom stereocenters. The van der Waals surface area contributed by atoms with Crippen LogP contribution in [0.3, 0.4) is 0 Å². The molecule has 0 saturated heterocycles. The molecule has 1 aromatic carbocycles. The molecule has 6 nitrogen and oxygen atoms in total. The number of nitrogens with zero attached hydrogens (tertiary/aromatic N) is 2. The van der Waals surface area contributed by atoms with E-state index < -0.39 is 0 Å². The molecule has 0 aliphatic heterocycles. The SMILES string of the molecule is Cc1cnc(NC(=O)CC[C@@H]2CC(=O)C3(C)CCC4c5ccc(O)c(C#N)c5CCC4C23)s1. The number of phenolic OH excluding ortho intramolecular Hbond substituents is 1. The first kappa shape index (κ1) is 22.1. The van der Waals surface area contributed by atoms with E-state index in [1.165, 1.54) is 16.9 Å². The summed E-state index contributed by atoms with van der Waals surface area (Å²) in [4.78, 5) is 31.0. The van der Waals surface area contributed by atoms with Gasteiger partial charge in [-0.2, -0.15) is 5.26 Å². The summed E-state index contributed by atoms with van der Waals surface area (Å²) < 4.78 is 0. The number of aromatic hydroxyl groups is 1. The number of benzene rings is 1. The summed E-state index contributed by atoms with van der Waals surface area (Å²) in [5.41, 5.74) is 2.26. The van der Waals surface area contributed by atoms with Crippen molar-refractivity contribution in [3.05, 3.63) is 39.9 Å². The summed E-state index contributed by atoms with van der Waals surface area (Å²) in [6.45, 7) is 4.10. The Hall–Kier alpha value is -2.72. The number of carbonyl (C=O) groups excluding carboxylic acids is 2. The molecule has 1 amide bonds.